The standard InChI is InChI=1S/C21H21N5O4S2/c1-15-6-10-18(11-7-15)31(27,28)25-20-5-3-2-4-16(20)14-24-17-8-12-19(13-9-17)32(29,30)26-21(22)23/h2-14,25H,1H3,(H4,22,23,26). The number of guanidine groups is 1. The Morgan fingerprint density at radius 3 is 2.06 bits per heavy atom. The van der Waals surface area contributed by atoms with Gasteiger partial charge in [0, 0.05) is 11.8 Å². The summed E-state index contributed by atoms with van der Waals surface area (Å²) < 4.78 is 55.2. The summed E-state index contributed by atoms with van der Waals surface area (Å²) >= 11 is 0. The van der Waals surface area contributed by atoms with Crippen molar-refractivity contribution in [2.24, 2.45) is 20.9 Å². The fourth-order valence-corrected chi connectivity index (χ4v) is 4.61. The van der Waals surface area contributed by atoms with E-state index in [4.69, 9.17) is 11.5 Å². The average Bonchev–Trinajstić information content (AvgIpc) is 2.72. The molecule has 3 aromatic carbocycles. The molecule has 0 heterocycles. The van der Waals surface area contributed by atoms with Gasteiger partial charge in [0.25, 0.3) is 20.0 Å². The third kappa shape index (κ3) is 5.71. The molecule has 11 heteroatoms. The molecule has 32 heavy (non-hydrogen) atoms. The number of para-hydroxylation sites is 1. The molecule has 0 aliphatic carbocycles. The van der Waals surface area contributed by atoms with Crippen LogP contribution in [-0.2, 0) is 20.0 Å². The van der Waals surface area contributed by atoms with Crippen LogP contribution in [-0.4, -0.2) is 29.0 Å². The smallest absolute Gasteiger partial charge is 0.285 e. The van der Waals surface area contributed by atoms with Crippen molar-refractivity contribution in [1.82, 2.24) is 0 Å². The van der Waals surface area contributed by atoms with Gasteiger partial charge in [-0.3, -0.25) is 9.71 Å². The molecule has 0 aliphatic rings. The number of rotatable bonds is 7. The van der Waals surface area contributed by atoms with E-state index in [-0.39, 0.29) is 9.79 Å². The number of nitrogens with two attached hydrogens (primary N) is 2. The van der Waals surface area contributed by atoms with E-state index in [2.05, 4.69) is 14.1 Å². The Kier molecular flexibility index (Phi) is 6.61. The van der Waals surface area contributed by atoms with E-state index >= 15 is 0 Å². The van der Waals surface area contributed by atoms with Crippen LogP contribution in [0.4, 0.5) is 11.4 Å². The zero-order chi connectivity index (χ0) is 23.4. The van der Waals surface area contributed by atoms with Crippen molar-refractivity contribution in [3.63, 3.8) is 0 Å². The molecule has 0 aliphatic heterocycles. The van der Waals surface area contributed by atoms with Crippen LogP contribution in [0.1, 0.15) is 11.1 Å². The summed E-state index contributed by atoms with van der Waals surface area (Å²) in [5.41, 5.74) is 12.6. The van der Waals surface area contributed by atoms with Gasteiger partial charge < -0.3 is 11.5 Å². The molecule has 0 radical (unpaired) electrons. The van der Waals surface area contributed by atoms with Gasteiger partial charge in [-0.05, 0) is 49.4 Å². The lowest BCUT2D eigenvalue weighted by Crippen LogP contribution is -2.24. The minimum atomic E-state index is -3.99. The molecule has 0 amide bonds. The maximum atomic E-state index is 12.7. The van der Waals surface area contributed by atoms with Crippen molar-refractivity contribution in [1.29, 1.82) is 0 Å². The average molecular weight is 472 g/mol. The molecule has 166 valence electrons. The predicted molar refractivity (Wildman–Crippen MR) is 125 cm³/mol. The summed E-state index contributed by atoms with van der Waals surface area (Å²) in [6, 6.07) is 18.9. The van der Waals surface area contributed by atoms with E-state index in [1.54, 1.807) is 36.4 Å². The fraction of sp³-hybridized carbons (Fsp3) is 0.0476. The zero-order valence-electron chi connectivity index (χ0n) is 17.0. The van der Waals surface area contributed by atoms with Crippen LogP contribution in [0.15, 0.2) is 92.0 Å². The highest BCUT2D eigenvalue weighted by Gasteiger charge is 2.15. The Morgan fingerprint density at radius 1 is 0.844 bits per heavy atom. The summed E-state index contributed by atoms with van der Waals surface area (Å²) in [6.45, 7) is 1.87. The van der Waals surface area contributed by atoms with Crippen LogP contribution in [0.3, 0.4) is 0 Å². The number of aliphatic imine (C=N–C) groups is 1. The Balaban J connectivity index is 1.83. The molecule has 3 aromatic rings. The molecule has 0 saturated carbocycles. The number of nitrogens with one attached hydrogen (secondary N) is 1. The molecule has 0 saturated heterocycles. The van der Waals surface area contributed by atoms with Gasteiger partial charge in [0.05, 0.1) is 21.2 Å². The Morgan fingerprint density at radius 2 is 1.44 bits per heavy atom. The molecule has 9 nitrogen and oxygen atoms in total. The quantitative estimate of drug-likeness (QED) is 0.355. The minimum absolute atomic E-state index is 0.0869. The summed E-state index contributed by atoms with van der Waals surface area (Å²) in [7, 11) is -7.77. The molecule has 0 aromatic heterocycles. The van der Waals surface area contributed by atoms with E-state index in [0.29, 0.717) is 16.9 Å². The second kappa shape index (κ2) is 9.20. The van der Waals surface area contributed by atoms with Crippen LogP contribution in [0, 0.1) is 6.92 Å². The molecular formula is C21H21N5O4S2. The van der Waals surface area contributed by atoms with Crippen molar-refractivity contribution >= 4 is 43.6 Å². The van der Waals surface area contributed by atoms with E-state index < -0.39 is 26.0 Å². The highest BCUT2D eigenvalue weighted by atomic mass is 32.2. The number of nitrogens with zero attached hydrogens (tertiary/aromatic N) is 2. The van der Waals surface area contributed by atoms with Crippen molar-refractivity contribution in [2.45, 2.75) is 16.7 Å². The predicted octanol–water partition coefficient (Wildman–Crippen LogP) is 2.51. The summed E-state index contributed by atoms with van der Waals surface area (Å²) in [6.07, 6.45) is 1.48. The molecule has 5 N–H and O–H groups in total. The minimum Gasteiger partial charge on any atom is -0.369 e. The second-order valence-corrected chi connectivity index (χ2v) is 10.0. The molecule has 0 bridgehead atoms. The first kappa shape index (κ1) is 23.0. The highest BCUT2D eigenvalue weighted by molar-refractivity contribution is 7.92. The number of benzene rings is 3. The number of aryl methyl sites for hydroxylation is 1. The first-order chi connectivity index (χ1) is 15.1. The number of hydrogen-bond acceptors (Lipinski definition) is 5. The maximum Gasteiger partial charge on any atom is 0.285 e. The van der Waals surface area contributed by atoms with Crippen LogP contribution < -0.4 is 16.2 Å². The Labute approximate surface area is 186 Å². The Hall–Kier alpha value is -3.70. The van der Waals surface area contributed by atoms with Crippen molar-refractivity contribution in [3.05, 3.63) is 83.9 Å². The third-order valence-electron chi connectivity index (χ3n) is 4.25. The molecule has 3 rings (SSSR count). The van der Waals surface area contributed by atoms with E-state index in [1.165, 1.54) is 42.6 Å². The number of anilines is 1. The van der Waals surface area contributed by atoms with Crippen LogP contribution in [0.5, 0.6) is 0 Å². The number of sulfonamides is 2. The highest BCUT2D eigenvalue weighted by Crippen LogP contribution is 2.22. The van der Waals surface area contributed by atoms with Crippen molar-refractivity contribution < 1.29 is 16.8 Å². The van der Waals surface area contributed by atoms with Gasteiger partial charge in [0.15, 0.2) is 0 Å². The van der Waals surface area contributed by atoms with Gasteiger partial charge in [0.2, 0.25) is 5.96 Å². The molecule has 0 fully saturated rings. The largest absolute Gasteiger partial charge is 0.369 e. The van der Waals surface area contributed by atoms with Crippen molar-refractivity contribution in [2.75, 3.05) is 4.72 Å². The molecule has 0 unspecified atom stereocenters. The van der Waals surface area contributed by atoms with Crippen LogP contribution in [0.25, 0.3) is 0 Å². The second-order valence-electron chi connectivity index (χ2n) is 6.75. The lowest BCUT2D eigenvalue weighted by molar-refractivity contribution is 0.597. The van der Waals surface area contributed by atoms with Gasteiger partial charge >= 0.3 is 0 Å². The SMILES string of the molecule is Cc1ccc(S(=O)(=O)Nc2ccccc2C=Nc2ccc(S(=O)(=O)N=C(N)N)cc2)cc1. The normalized spacial score (nSPS) is 11.9. The molecular weight excluding hydrogens is 450 g/mol. The number of hydrogen-bond donors (Lipinski definition) is 3. The molecule has 0 atom stereocenters. The topological polar surface area (TPSA) is 157 Å². The first-order valence-corrected chi connectivity index (χ1v) is 12.2. The lowest BCUT2D eigenvalue weighted by atomic mass is 10.2. The third-order valence-corrected chi connectivity index (χ3v) is 6.95. The van der Waals surface area contributed by atoms with Gasteiger partial charge in [-0.2, -0.15) is 8.42 Å². The van der Waals surface area contributed by atoms with E-state index in [1.807, 2.05) is 6.92 Å². The van der Waals surface area contributed by atoms with E-state index in [9.17, 15) is 16.8 Å². The molecule has 0 spiro atoms. The maximum absolute atomic E-state index is 12.7. The first-order valence-electron chi connectivity index (χ1n) is 9.25. The Bertz CT molecular complexity index is 1380. The van der Waals surface area contributed by atoms with E-state index in [0.717, 1.165) is 5.56 Å². The van der Waals surface area contributed by atoms with Gasteiger partial charge in [-0.15, -0.1) is 4.40 Å². The van der Waals surface area contributed by atoms with Crippen LogP contribution in [0.2, 0.25) is 0 Å². The van der Waals surface area contributed by atoms with Crippen molar-refractivity contribution in [3.8, 4) is 0 Å². The monoisotopic (exact) mass is 471 g/mol. The summed E-state index contributed by atoms with van der Waals surface area (Å²) in [5, 5.41) is 0. The fourth-order valence-electron chi connectivity index (χ4n) is 2.66. The lowest BCUT2D eigenvalue weighted by Gasteiger charge is -2.10. The zero-order valence-corrected chi connectivity index (χ0v) is 18.6. The van der Waals surface area contributed by atoms with Gasteiger partial charge in [-0.25, -0.2) is 8.42 Å². The van der Waals surface area contributed by atoms with Crippen LogP contribution >= 0.6 is 0 Å². The van der Waals surface area contributed by atoms with Gasteiger partial charge in [-0.1, -0.05) is 35.9 Å². The summed E-state index contributed by atoms with van der Waals surface area (Å²) in [5.74, 6) is -0.559. The summed E-state index contributed by atoms with van der Waals surface area (Å²) in [4.78, 5) is 4.35. The van der Waals surface area contributed by atoms with Gasteiger partial charge in [0.1, 0.15) is 0 Å².